The van der Waals surface area contributed by atoms with Gasteiger partial charge in [0.25, 0.3) is 0 Å². The van der Waals surface area contributed by atoms with Crippen LogP contribution in [0.5, 0.6) is 0 Å². The first-order chi connectivity index (χ1) is 3.80. The van der Waals surface area contributed by atoms with Gasteiger partial charge < -0.3 is 5.73 Å². The number of hydrogen-bond donors (Lipinski definition) is 1. The Bertz CT molecular complexity index is 64.9. The second-order valence-electron chi connectivity index (χ2n) is 2.50. The summed E-state index contributed by atoms with van der Waals surface area (Å²) in [6.45, 7) is 2.24. The van der Waals surface area contributed by atoms with Gasteiger partial charge in [-0.2, -0.15) is 11.8 Å². The average Bonchev–Trinajstić information content (AvgIpc) is 1.77. The molecule has 1 saturated heterocycles. The van der Waals surface area contributed by atoms with Gasteiger partial charge in [0.05, 0.1) is 0 Å². The molecule has 1 fully saturated rings. The van der Waals surface area contributed by atoms with Crippen molar-refractivity contribution in [3.63, 3.8) is 0 Å². The third-order valence-corrected chi connectivity index (χ3v) is 2.90. The summed E-state index contributed by atoms with van der Waals surface area (Å²) in [5, 5.41) is 0. The van der Waals surface area contributed by atoms with Crippen molar-refractivity contribution in [2.45, 2.75) is 19.4 Å². The van der Waals surface area contributed by atoms with Crippen LogP contribution >= 0.6 is 11.8 Å². The number of thioether (sulfide) groups is 1. The summed E-state index contributed by atoms with van der Waals surface area (Å²) in [4.78, 5) is 0. The van der Waals surface area contributed by atoms with Crippen molar-refractivity contribution < 1.29 is 0 Å². The van der Waals surface area contributed by atoms with E-state index in [1.54, 1.807) is 0 Å². The summed E-state index contributed by atoms with van der Waals surface area (Å²) < 4.78 is 0. The maximum Gasteiger partial charge on any atom is 0.0156 e. The second kappa shape index (κ2) is 2.74. The van der Waals surface area contributed by atoms with Crippen molar-refractivity contribution in [2.75, 3.05) is 11.5 Å². The van der Waals surface area contributed by atoms with Crippen LogP contribution in [0.3, 0.4) is 0 Å². The highest BCUT2D eigenvalue weighted by molar-refractivity contribution is 7.99. The molecule has 8 heavy (non-hydrogen) atoms. The summed E-state index contributed by atoms with van der Waals surface area (Å²) in [7, 11) is 0. The van der Waals surface area contributed by atoms with Crippen LogP contribution < -0.4 is 5.73 Å². The molecule has 0 bridgehead atoms. The van der Waals surface area contributed by atoms with Crippen LogP contribution in [0.4, 0.5) is 0 Å². The Morgan fingerprint density at radius 3 is 2.75 bits per heavy atom. The highest BCUT2D eigenvalue weighted by Crippen LogP contribution is 2.20. The van der Waals surface area contributed by atoms with E-state index in [0.717, 1.165) is 5.92 Å². The first-order valence-corrected chi connectivity index (χ1v) is 4.29. The minimum absolute atomic E-state index is 0.466. The first kappa shape index (κ1) is 6.43. The fraction of sp³-hybridized carbons (Fsp3) is 1.00. The Morgan fingerprint density at radius 2 is 2.38 bits per heavy atom. The molecule has 2 unspecified atom stereocenters. The van der Waals surface area contributed by atoms with Gasteiger partial charge in [-0.15, -0.1) is 0 Å². The van der Waals surface area contributed by atoms with Gasteiger partial charge in [-0.25, -0.2) is 0 Å². The lowest BCUT2D eigenvalue weighted by molar-refractivity contribution is 0.467. The summed E-state index contributed by atoms with van der Waals surface area (Å²) in [6.07, 6.45) is 1.31. The fourth-order valence-electron chi connectivity index (χ4n) is 0.867. The summed E-state index contributed by atoms with van der Waals surface area (Å²) in [6, 6.07) is 0.466. The second-order valence-corrected chi connectivity index (χ2v) is 3.65. The Morgan fingerprint density at radius 1 is 1.62 bits per heavy atom. The Kier molecular flexibility index (Phi) is 2.20. The van der Waals surface area contributed by atoms with Crippen LogP contribution in [-0.4, -0.2) is 17.5 Å². The fourth-order valence-corrected chi connectivity index (χ4v) is 2.17. The molecule has 0 aromatic carbocycles. The largest absolute Gasteiger partial charge is 0.327 e. The first-order valence-electron chi connectivity index (χ1n) is 3.14. The van der Waals surface area contributed by atoms with Crippen LogP contribution in [0, 0.1) is 5.92 Å². The third kappa shape index (κ3) is 1.39. The highest BCUT2D eigenvalue weighted by atomic mass is 32.2. The number of nitrogens with two attached hydrogens (primary N) is 1. The molecule has 1 nitrogen and oxygen atoms in total. The summed E-state index contributed by atoms with van der Waals surface area (Å²) >= 11 is 1.98. The van der Waals surface area contributed by atoms with E-state index in [2.05, 4.69) is 6.92 Å². The topological polar surface area (TPSA) is 26.0 Å². The van der Waals surface area contributed by atoms with E-state index in [-0.39, 0.29) is 0 Å². The molecule has 0 aromatic heterocycles. The average molecular weight is 131 g/mol. The normalized spacial score (nSPS) is 39.8. The lowest BCUT2D eigenvalue weighted by atomic mass is 10.0. The Hall–Kier alpha value is 0.310. The molecule has 2 N–H and O–H groups in total. The summed E-state index contributed by atoms with van der Waals surface area (Å²) in [5.74, 6) is 3.24. The quantitative estimate of drug-likeness (QED) is 0.532. The standard InChI is InChI=1S/C6H13NS/c1-5-2-3-8-4-6(5)7/h5-6H,2-4,7H2,1H3. The van der Waals surface area contributed by atoms with E-state index in [0.29, 0.717) is 6.04 Å². The van der Waals surface area contributed by atoms with Gasteiger partial charge >= 0.3 is 0 Å². The molecule has 2 heteroatoms. The minimum Gasteiger partial charge on any atom is -0.327 e. The van der Waals surface area contributed by atoms with Crippen LogP contribution in [0.1, 0.15) is 13.3 Å². The molecule has 0 aliphatic carbocycles. The molecule has 0 amide bonds. The predicted octanol–water partition coefficient (Wildman–Crippen LogP) is 1.09. The predicted molar refractivity (Wildman–Crippen MR) is 39.1 cm³/mol. The molecular weight excluding hydrogens is 118 g/mol. The van der Waals surface area contributed by atoms with E-state index < -0.39 is 0 Å². The molecule has 1 aliphatic heterocycles. The molecule has 2 atom stereocenters. The van der Waals surface area contributed by atoms with E-state index in [1.165, 1.54) is 17.9 Å². The van der Waals surface area contributed by atoms with Gasteiger partial charge in [0, 0.05) is 11.8 Å². The lowest BCUT2D eigenvalue weighted by Gasteiger charge is -2.24. The highest BCUT2D eigenvalue weighted by Gasteiger charge is 2.16. The molecule has 0 saturated carbocycles. The molecule has 1 aliphatic rings. The zero-order valence-electron chi connectivity index (χ0n) is 5.26. The van der Waals surface area contributed by atoms with E-state index in [4.69, 9.17) is 5.73 Å². The van der Waals surface area contributed by atoms with Crippen LogP contribution in [0.2, 0.25) is 0 Å². The van der Waals surface area contributed by atoms with E-state index in [1.807, 2.05) is 11.8 Å². The number of hydrogen-bond acceptors (Lipinski definition) is 2. The van der Waals surface area contributed by atoms with Crippen molar-refractivity contribution in [1.29, 1.82) is 0 Å². The monoisotopic (exact) mass is 131 g/mol. The van der Waals surface area contributed by atoms with Gasteiger partial charge in [-0.05, 0) is 18.1 Å². The molecule has 0 radical (unpaired) electrons. The Labute approximate surface area is 55.0 Å². The SMILES string of the molecule is CC1CCSCC1N. The smallest absolute Gasteiger partial charge is 0.0156 e. The lowest BCUT2D eigenvalue weighted by Crippen LogP contribution is -2.34. The Balaban J connectivity index is 2.28. The minimum atomic E-state index is 0.466. The van der Waals surface area contributed by atoms with Crippen molar-refractivity contribution in [2.24, 2.45) is 11.7 Å². The zero-order chi connectivity index (χ0) is 5.98. The van der Waals surface area contributed by atoms with Crippen molar-refractivity contribution in [3.05, 3.63) is 0 Å². The van der Waals surface area contributed by atoms with Crippen molar-refractivity contribution in [1.82, 2.24) is 0 Å². The van der Waals surface area contributed by atoms with E-state index in [9.17, 15) is 0 Å². The van der Waals surface area contributed by atoms with Crippen molar-refractivity contribution in [3.8, 4) is 0 Å². The van der Waals surface area contributed by atoms with Gasteiger partial charge in [-0.3, -0.25) is 0 Å². The van der Waals surface area contributed by atoms with Gasteiger partial charge in [0.15, 0.2) is 0 Å². The molecular formula is C6H13NS. The molecule has 0 spiro atoms. The maximum absolute atomic E-state index is 5.76. The maximum atomic E-state index is 5.76. The van der Waals surface area contributed by atoms with Gasteiger partial charge in [-0.1, -0.05) is 6.92 Å². The van der Waals surface area contributed by atoms with Crippen LogP contribution in [0.15, 0.2) is 0 Å². The van der Waals surface area contributed by atoms with Crippen molar-refractivity contribution >= 4 is 11.8 Å². The van der Waals surface area contributed by atoms with Crippen LogP contribution in [0.25, 0.3) is 0 Å². The third-order valence-electron chi connectivity index (χ3n) is 1.76. The van der Waals surface area contributed by atoms with Gasteiger partial charge in [0.2, 0.25) is 0 Å². The molecule has 1 rings (SSSR count). The summed E-state index contributed by atoms with van der Waals surface area (Å²) in [5.41, 5.74) is 5.76. The number of rotatable bonds is 0. The molecule has 0 aromatic rings. The molecule has 48 valence electrons. The molecule has 1 heterocycles. The van der Waals surface area contributed by atoms with Gasteiger partial charge in [0.1, 0.15) is 0 Å². The zero-order valence-corrected chi connectivity index (χ0v) is 6.08. The van der Waals surface area contributed by atoms with E-state index >= 15 is 0 Å². The van der Waals surface area contributed by atoms with Crippen LogP contribution in [-0.2, 0) is 0 Å².